The molecule has 0 aliphatic carbocycles. The molecular formula is C20H20F4N2O2. The van der Waals surface area contributed by atoms with Crippen molar-refractivity contribution in [2.75, 3.05) is 19.7 Å². The Hall–Kier alpha value is -2.61. The number of urea groups is 1. The zero-order valence-electron chi connectivity index (χ0n) is 15.2. The van der Waals surface area contributed by atoms with Crippen LogP contribution in [0.1, 0.15) is 28.4 Å². The number of hydrogen-bond donors (Lipinski definition) is 1. The molecule has 28 heavy (non-hydrogen) atoms. The number of alkyl halides is 3. The summed E-state index contributed by atoms with van der Waals surface area (Å²) in [5, 5.41) is 2.78. The molecule has 1 fully saturated rings. The molecule has 0 spiro atoms. The van der Waals surface area contributed by atoms with E-state index in [0.717, 1.165) is 17.7 Å². The standard InChI is InChI=1S/C20H20F4N2O2/c1-13-10-14(2-7-17(13)21)11-25-19(27)26-8-9-28-18(12-26)15-3-5-16(6-4-15)20(22,23)24/h2-7,10,18H,8-9,11-12H2,1H3,(H,25,27). The third-order valence-electron chi connectivity index (χ3n) is 4.63. The molecule has 8 heteroatoms. The summed E-state index contributed by atoms with van der Waals surface area (Å²) in [4.78, 5) is 14.0. The van der Waals surface area contributed by atoms with Crippen molar-refractivity contribution >= 4 is 6.03 Å². The average molecular weight is 396 g/mol. The summed E-state index contributed by atoms with van der Waals surface area (Å²) >= 11 is 0. The lowest BCUT2D eigenvalue weighted by molar-refractivity contribution is -0.137. The number of halogens is 4. The highest BCUT2D eigenvalue weighted by Gasteiger charge is 2.31. The summed E-state index contributed by atoms with van der Waals surface area (Å²) in [5.74, 6) is -0.303. The number of hydrogen-bond acceptors (Lipinski definition) is 2. The van der Waals surface area contributed by atoms with E-state index in [1.165, 1.54) is 18.2 Å². The molecule has 150 valence electrons. The lowest BCUT2D eigenvalue weighted by Crippen LogP contribution is -2.46. The molecule has 2 amide bonds. The largest absolute Gasteiger partial charge is 0.416 e. The number of ether oxygens (including phenoxy) is 1. The molecule has 1 heterocycles. The summed E-state index contributed by atoms with van der Waals surface area (Å²) in [6.07, 6.45) is -4.88. The van der Waals surface area contributed by atoms with E-state index >= 15 is 0 Å². The predicted octanol–water partition coefficient (Wildman–Crippen LogP) is 4.44. The molecule has 1 atom stereocenters. The summed E-state index contributed by atoms with van der Waals surface area (Å²) in [6, 6.07) is 9.08. The van der Waals surface area contributed by atoms with Crippen LogP contribution in [0.15, 0.2) is 42.5 Å². The predicted molar refractivity (Wildman–Crippen MR) is 95.1 cm³/mol. The van der Waals surface area contributed by atoms with Crippen LogP contribution in [0.25, 0.3) is 0 Å². The molecule has 0 saturated carbocycles. The minimum atomic E-state index is -4.39. The monoisotopic (exact) mass is 396 g/mol. The van der Waals surface area contributed by atoms with E-state index < -0.39 is 17.8 Å². The number of benzene rings is 2. The maximum absolute atomic E-state index is 13.3. The molecule has 1 aliphatic heterocycles. The van der Waals surface area contributed by atoms with Gasteiger partial charge >= 0.3 is 12.2 Å². The van der Waals surface area contributed by atoms with Crippen LogP contribution in [-0.4, -0.2) is 30.6 Å². The molecule has 1 saturated heterocycles. The maximum atomic E-state index is 13.3. The Bertz CT molecular complexity index is 837. The van der Waals surface area contributed by atoms with Crippen molar-refractivity contribution in [3.05, 3.63) is 70.5 Å². The van der Waals surface area contributed by atoms with Crippen LogP contribution in [0.2, 0.25) is 0 Å². The zero-order valence-corrected chi connectivity index (χ0v) is 15.2. The molecule has 2 aromatic carbocycles. The lowest BCUT2D eigenvalue weighted by Gasteiger charge is -2.33. The fourth-order valence-corrected chi connectivity index (χ4v) is 3.03. The van der Waals surface area contributed by atoms with Gasteiger partial charge in [0.25, 0.3) is 0 Å². The highest BCUT2D eigenvalue weighted by atomic mass is 19.4. The maximum Gasteiger partial charge on any atom is 0.416 e. The fraction of sp³-hybridized carbons (Fsp3) is 0.350. The second-order valence-electron chi connectivity index (χ2n) is 6.67. The first kappa shape index (κ1) is 20.1. The van der Waals surface area contributed by atoms with Gasteiger partial charge in [0.05, 0.1) is 18.7 Å². The van der Waals surface area contributed by atoms with Gasteiger partial charge in [0, 0.05) is 13.1 Å². The van der Waals surface area contributed by atoms with Crippen LogP contribution in [0.4, 0.5) is 22.4 Å². The van der Waals surface area contributed by atoms with E-state index in [9.17, 15) is 22.4 Å². The SMILES string of the molecule is Cc1cc(CNC(=O)N2CCOC(c3ccc(C(F)(F)F)cc3)C2)ccc1F. The average Bonchev–Trinajstić information content (AvgIpc) is 2.68. The smallest absolute Gasteiger partial charge is 0.370 e. The van der Waals surface area contributed by atoms with E-state index in [-0.39, 0.29) is 31.5 Å². The van der Waals surface area contributed by atoms with Gasteiger partial charge in [-0.25, -0.2) is 9.18 Å². The molecule has 4 nitrogen and oxygen atoms in total. The number of rotatable bonds is 3. The van der Waals surface area contributed by atoms with Crippen LogP contribution in [0.3, 0.4) is 0 Å². The second kappa shape index (κ2) is 8.18. The number of amides is 2. The topological polar surface area (TPSA) is 41.6 Å². The third-order valence-corrected chi connectivity index (χ3v) is 4.63. The van der Waals surface area contributed by atoms with Crippen LogP contribution < -0.4 is 5.32 Å². The molecule has 0 bridgehead atoms. The Morgan fingerprint density at radius 1 is 1.21 bits per heavy atom. The van der Waals surface area contributed by atoms with Crippen molar-refractivity contribution in [2.24, 2.45) is 0 Å². The molecule has 0 aromatic heterocycles. The Morgan fingerprint density at radius 2 is 1.93 bits per heavy atom. The Labute approximate surface area is 160 Å². The van der Waals surface area contributed by atoms with Gasteiger partial charge in [0.1, 0.15) is 11.9 Å². The molecule has 0 radical (unpaired) electrons. The van der Waals surface area contributed by atoms with E-state index in [1.54, 1.807) is 24.0 Å². The molecule has 2 aromatic rings. The Kier molecular flexibility index (Phi) is 5.88. The van der Waals surface area contributed by atoms with Crippen molar-refractivity contribution in [2.45, 2.75) is 25.7 Å². The van der Waals surface area contributed by atoms with Gasteiger partial charge in [0.2, 0.25) is 0 Å². The van der Waals surface area contributed by atoms with Gasteiger partial charge in [-0.2, -0.15) is 13.2 Å². The van der Waals surface area contributed by atoms with E-state index in [1.807, 2.05) is 0 Å². The second-order valence-corrected chi connectivity index (χ2v) is 6.67. The molecule has 1 N–H and O–H groups in total. The summed E-state index contributed by atoms with van der Waals surface area (Å²) in [6.45, 7) is 2.80. The minimum Gasteiger partial charge on any atom is -0.370 e. The van der Waals surface area contributed by atoms with E-state index in [0.29, 0.717) is 17.7 Å². The van der Waals surface area contributed by atoms with Gasteiger partial charge < -0.3 is 15.0 Å². The highest BCUT2D eigenvalue weighted by Crippen LogP contribution is 2.31. The van der Waals surface area contributed by atoms with Crippen LogP contribution in [-0.2, 0) is 17.5 Å². The van der Waals surface area contributed by atoms with E-state index in [2.05, 4.69) is 5.32 Å². The number of nitrogens with one attached hydrogen (secondary N) is 1. The number of carbonyl (C=O) groups excluding carboxylic acids is 1. The van der Waals surface area contributed by atoms with Crippen molar-refractivity contribution < 1.29 is 27.1 Å². The first-order valence-electron chi connectivity index (χ1n) is 8.80. The van der Waals surface area contributed by atoms with Gasteiger partial charge in [0.15, 0.2) is 0 Å². The number of carbonyl (C=O) groups is 1. The van der Waals surface area contributed by atoms with Crippen molar-refractivity contribution in [3.8, 4) is 0 Å². The summed E-state index contributed by atoms with van der Waals surface area (Å²) < 4.78 is 57.0. The van der Waals surface area contributed by atoms with Gasteiger partial charge in [-0.15, -0.1) is 0 Å². The fourth-order valence-electron chi connectivity index (χ4n) is 3.03. The highest BCUT2D eigenvalue weighted by molar-refractivity contribution is 5.74. The molecule has 1 unspecified atom stereocenters. The van der Waals surface area contributed by atoms with Gasteiger partial charge in [-0.05, 0) is 41.8 Å². The van der Waals surface area contributed by atoms with Crippen molar-refractivity contribution in [3.63, 3.8) is 0 Å². The molecule has 3 rings (SSSR count). The van der Waals surface area contributed by atoms with Crippen LogP contribution in [0.5, 0.6) is 0 Å². The number of morpholine rings is 1. The van der Waals surface area contributed by atoms with Crippen LogP contribution in [0, 0.1) is 12.7 Å². The van der Waals surface area contributed by atoms with Crippen molar-refractivity contribution in [1.82, 2.24) is 10.2 Å². The summed E-state index contributed by atoms with van der Waals surface area (Å²) in [5.41, 5.74) is 1.14. The minimum absolute atomic E-state index is 0.236. The van der Waals surface area contributed by atoms with E-state index in [4.69, 9.17) is 4.74 Å². The molecular weight excluding hydrogens is 376 g/mol. The first-order valence-corrected chi connectivity index (χ1v) is 8.80. The quantitative estimate of drug-likeness (QED) is 0.780. The van der Waals surface area contributed by atoms with Crippen molar-refractivity contribution in [1.29, 1.82) is 0 Å². The van der Waals surface area contributed by atoms with Crippen LogP contribution >= 0.6 is 0 Å². The first-order chi connectivity index (χ1) is 13.2. The Morgan fingerprint density at radius 3 is 2.57 bits per heavy atom. The number of aryl methyl sites for hydroxylation is 1. The van der Waals surface area contributed by atoms with Gasteiger partial charge in [-0.1, -0.05) is 24.3 Å². The van der Waals surface area contributed by atoms with Gasteiger partial charge in [-0.3, -0.25) is 0 Å². The zero-order chi connectivity index (χ0) is 20.3. The number of nitrogens with zero attached hydrogens (tertiary/aromatic N) is 1. The normalized spacial score (nSPS) is 17.5. The third kappa shape index (κ3) is 4.81. The molecule has 1 aliphatic rings. The Balaban J connectivity index is 1.59. The lowest BCUT2D eigenvalue weighted by atomic mass is 10.1. The summed E-state index contributed by atoms with van der Waals surface area (Å²) in [7, 11) is 0.